The summed E-state index contributed by atoms with van der Waals surface area (Å²) in [7, 11) is 1.70. The molecule has 1 aliphatic heterocycles. The smallest absolute Gasteiger partial charge is 0.126 e. The van der Waals surface area contributed by atoms with Gasteiger partial charge in [-0.25, -0.2) is 0 Å². The lowest BCUT2D eigenvalue weighted by molar-refractivity contribution is 0.402. The van der Waals surface area contributed by atoms with Gasteiger partial charge in [-0.2, -0.15) is 0 Å². The van der Waals surface area contributed by atoms with Crippen LogP contribution in [0.4, 0.5) is 0 Å². The average molecular weight is 178 g/mol. The van der Waals surface area contributed by atoms with Crippen LogP contribution in [0, 0.1) is 0 Å². The topological polar surface area (TPSA) is 34.1 Å². The maximum absolute atomic E-state index is 5.28. The summed E-state index contributed by atoms with van der Waals surface area (Å²) in [6.07, 6.45) is 6.07. The van der Waals surface area contributed by atoms with E-state index >= 15 is 0 Å². The highest BCUT2D eigenvalue weighted by Gasteiger charge is 2.19. The number of rotatable bonds is 2. The van der Waals surface area contributed by atoms with Crippen LogP contribution in [0.1, 0.15) is 24.4 Å². The second-order valence-corrected chi connectivity index (χ2v) is 3.27. The van der Waals surface area contributed by atoms with Gasteiger partial charge in [0.25, 0.3) is 0 Å². The molecule has 1 aliphatic rings. The number of methoxy groups -OCH3 is 1. The summed E-state index contributed by atoms with van der Waals surface area (Å²) >= 11 is 0. The second-order valence-electron chi connectivity index (χ2n) is 3.27. The summed E-state index contributed by atoms with van der Waals surface area (Å²) in [5.41, 5.74) is 1.18. The molecule has 13 heavy (non-hydrogen) atoms. The molecule has 0 saturated carbocycles. The van der Waals surface area contributed by atoms with Crippen LogP contribution in [0.25, 0.3) is 0 Å². The first-order valence-electron chi connectivity index (χ1n) is 4.63. The Kier molecular flexibility index (Phi) is 2.45. The molecular weight excluding hydrogens is 164 g/mol. The van der Waals surface area contributed by atoms with Gasteiger partial charge < -0.3 is 10.1 Å². The Morgan fingerprint density at radius 2 is 2.54 bits per heavy atom. The Morgan fingerprint density at radius 1 is 1.62 bits per heavy atom. The lowest BCUT2D eigenvalue weighted by Crippen LogP contribution is -2.13. The Hall–Kier alpha value is -1.09. The predicted molar refractivity (Wildman–Crippen MR) is 50.8 cm³/mol. The van der Waals surface area contributed by atoms with Gasteiger partial charge in [-0.15, -0.1) is 0 Å². The van der Waals surface area contributed by atoms with Crippen LogP contribution in [0.3, 0.4) is 0 Å². The van der Waals surface area contributed by atoms with Crippen molar-refractivity contribution in [1.29, 1.82) is 0 Å². The van der Waals surface area contributed by atoms with Gasteiger partial charge >= 0.3 is 0 Å². The molecule has 0 aliphatic carbocycles. The maximum atomic E-state index is 5.28. The molecule has 1 unspecified atom stereocenters. The van der Waals surface area contributed by atoms with Crippen molar-refractivity contribution < 1.29 is 4.74 Å². The first-order valence-corrected chi connectivity index (χ1v) is 4.63. The quantitative estimate of drug-likeness (QED) is 0.745. The minimum absolute atomic E-state index is 0.434. The fraction of sp³-hybridized carbons (Fsp3) is 0.500. The summed E-state index contributed by atoms with van der Waals surface area (Å²) < 4.78 is 5.28. The van der Waals surface area contributed by atoms with Crippen LogP contribution in [-0.2, 0) is 0 Å². The number of nitrogens with zero attached hydrogens (tertiary/aromatic N) is 1. The molecule has 0 amide bonds. The summed E-state index contributed by atoms with van der Waals surface area (Å²) in [6, 6.07) is 2.35. The highest BCUT2D eigenvalue weighted by atomic mass is 16.5. The Morgan fingerprint density at radius 3 is 3.23 bits per heavy atom. The van der Waals surface area contributed by atoms with Gasteiger partial charge in [0.15, 0.2) is 0 Å². The average Bonchev–Trinajstić information content (AvgIpc) is 2.70. The molecule has 1 fully saturated rings. The largest absolute Gasteiger partial charge is 0.496 e. The first kappa shape index (κ1) is 8.51. The molecule has 3 heteroatoms. The van der Waals surface area contributed by atoms with E-state index in [9.17, 15) is 0 Å². The highest BCUT2D eigenvalue weighted by Crippen LogP contribution is 2.29. The van der Waals surface area contributed by atoms with Crippen LogP contribution in [0.15, 0.2) is 18.5 Å². The zero-order valence-electron chi connectivity index (χ0n) is 7.79. The van der Waals surface area contributed by atoms with Gasteiger partial charge in [-0.3, -0.25) is 4.98 Å². The van der Waals surface area contributed by atoms with Crippen molar-refractivity contribution in [2.24, 2.45) is 0 Å². The van der Waals surface area contributed by atoms with Gasteiger partial charge in [0.2, 0.25) is 0 Å². The summed E-state index contributed by atoms with van der Waals surface area (Å²) in [5.74, 6) is 0.939. The molecule has 0 radical (unpaired) electrons. The van der Waals surface area contributed by atoms with Crippen LogP contribution >= 0.6 is 0 Å². The first-order chi connectivity index (χ1) is 6.42. The minimum Gasteiger partial charge on any atom is -0.496 e. The van der Waals surface area contributed by atoms with E-state index in [2.05, 4.69) is 10.3 Å². The van der Waals surface area contributed by atoms with Gasteiger partial charge in [-0.1, -0.05) is 0 Å². The third kappa shape index (κ3) is 1.65. The third-order valence-corrected chi connectivity index (χ3v) is 2.47. The number of pyridine rings is 1. The molecule has 1 saturated heterocycles. The molecule has 1 atom stereocenters. The van der Waals surface area contributed by atoms with Crippen molar-refractivity contribution in [3.63, 3.8) is 0 Å². The van der Waals surface area contributed by atoms with Crippen molar-refractivity contribution in [3.05, 3.63) is 24.0 Å². The highest BCUT2D eigenvalue weighted by molar-refractivity contribution is 5.33. The van der Waals surface area contributed by atoms with E-state index in [0.29, 0.717) is 6.04 Å². The van der Waals surface area contributed by atoms with Crippen molar-refractivity contribution in [3.8, 4) is 5.75 Å². The number of hydrogen-bond acceptors (Lipinski definition) is 3. The van der Waals surface area contributed by atoms with Crippen LogP contribution in [0.2, 0.25) is 0 Å². The molecule has 1 aromatic rings. The fourth-order valence-corrected chi connectivity index (χ4v) is 1.79. The monoisotopic (exact) mass is 178 g/mol. The molecule has 2 heterocycles. The van der Waals surface area contributed by atoms with E-state index in [-0.39, 0.29) is 0 Å². The Bertz CT molecular complexity index is 282. The lowest BCUT2D eigenvalue weighted by atomic mass is 10.1. The maximum Gasteiger partial charge on any atom is 0.126 e. The molecule has 3 nitrogen and oxygen atoms in total. The zero-order chi connectivity index (χ0) is 9.10. The van der Waals surface area contributed by atoms with E-state index in [0.717, 1.165) is 12.3 Å². The van der Waals surface area contributed by atoms with Gasteiger partial charge in [0.1, 0.15) is 5.75 Å². The van der Waals surface area contributed by atoms with Crippen molar-refractivity contribution in [1.82, 2.24) is 10.3 Å². The van der Waals surface area contributed by atoms with Gasteiger partial charge in [-0.05, 0) is 25.5 Å². The summed E-state index contributed by atoms with van der Waals surface area (Å²) in [6.45, 7) is 1.10. The molecular formula is C10H14N2O. The van der Waals surface area contributed by atoms with E-state index in [1.807, 2.05) is 12.3 Å². The molecule has 70 valence electrons. The normalized spacial score (nSPS) is 21.8. The summed E-state index contributed by atoms with van der Waals surface area (Å²) in [5, 5.41) is 3.43. The SMILES string of the molecule is COc1ccncc1C1CCCN1. The number of ether oxygens (including phenoxy) is 1. The lowest BCUT2D eigenvalue weighted by Gasteiger charge is -2.13. The van der Waals surface area contributed by atoms with Crippen molar-refractivity contribution in [2.45, 2.75) is 18.9 Å². The van der Waals surface area contributed by atoms with E-state index in [4.69, 9.17) is 4.74 Å². The number of hydrogen-bond donors (Lipinski definition) is 1. The number of aromatic nitrogens is 1. The minimum atomic E-state index is 0.434. The zero-order valence-corrected chi connectivity index (χ0v) is 7.79. The molecule has 0 bridgehead atoms. The summed E-state index contributed by atoms with van der Waals surface area (Å²) in [4.78, 5) is 4.12. The molecule has 1 N–H and O–H groups in total. The molecule has 0 spiro atoms. The standard InChI is InChI=1S/C10H14N2O/c1-13-10-4-6-11-7-8(10)9-3-2-5-12-9/h4,6-7,9,12H,2-3,5H2,1H3. The molecule has 0 aromatic carbocycles. The number of nitrogens with one attached hydrogen (secondary N) is 1. The van der Waals surface area contributed by atoms with E-state index in [1.165, 1.54) is 18.4 Å². The van der Waals surface area contributed by atoms with Crippen molar-refractivity contribution in [2.75, 3.05) is 13.7 Å². The third-order valence-electron chi connectivity index (χ3n) is 2.47. The molecule has 2 rings (SSSR count). The van der Waals surface area contributed by atoms with Crippen LogP contribution in [-0.4, -0.2) is 18.6 Å². The van der Waals surface area contributed by atoms with Gasteiger partial charge in [0.05, 0.1) is 7.11 Å². The van der Waals surface area contributed by atoms with Crippen LogP contribution in [0.5, 0.6) is 5.75 Å². The van der Waals surface area contributed by atoms with E-state index in [1.54, 1.807) is 13.3 Å². The van der Waals surface area contributed by atoms with E-state index < -0.39 is 0 Å². The predicted octanol–water partition coefficient (Wildman–Crippen LogP) is 1.51. The van der Waals surface area contributed by atoms with Gasteiger partial charge in [0, 0.05) is 24.0 Å². The molecule has 1 aromatic heterocycles. The Labute approximate surface area is 78.1 Å². The Balaban J connectivity index is 2.26. The van der Waals surface area contributed by atoms with Crippen molar-refractivity contribution >= 4 is 0 Å². The second kappa shape index (κ2) is 3.75. The van der Waals surface area contributed by atoms with Crippen LogP contribution < -0.4 is 10.1 Å². The fourth-order valence-electron chi connectivity index (χ4n) is 1.79.